The summed E-state index contributed by atoms with van der Waals surface area (Å²) in [5.41, 5.74) is 0.610. The molecule has 104 valence electrons. The molecule has 0 spiro atoms. The Hall–Kier alpha value is -2.04. The maximum atomic E-state index is 11.7. The molecule has 0 aliphatic carbocycles. The van der Waals surface area contributed by atoms with E-state index in [9.17, 15) is 9.59 Å². The number of anilines is 1. The van der Waals surface area contributed by atoms with Crippen molar-refractivity contribution in [3.8, 4) is 5.75 Å². The van der Waals surface area contributed by atoms with Crippen LogP contribution in [0.25, 0.3) is 0 Å². The van der Waals surface area contributed by atoms with Gasteiger partial charge in [0.2, 0.25) is 5.91 Å². The Labute approximate surface area is 112 Å². The fraction of sp³-hybridized carbons (Fsp3) is 0.429. The zero-order valence-electron chi connectivity index (χ0n) is 11.4. The van der Waals surface area contributed by atoms with Gasteiger partial charge < -0.3 is 15.2 Å². The molecule has 5 nitrogen and oxygen atoms in total. The first-order valence-corrected chi connectivity index (χ1v) is 6.15. The van der Waals surface area contributed by atoms with E-state index in [0.29, 0.717) is 23.8 Å². The first kappa shape index (κ1) is 15.0. The predicted molar refractivity (Wildman–Crippen MR) is 72.7 cm³/mol. The summed E-state index contributed by atoms with van der Waals surface area (Å²) in [5.74, 6) is -0.328. The molecular formula is C14H19NO4. The number of methoxy groups -OCH3 is 1. The minimum absolute atomic E-state index is 0.102. The maximum Gasteiger partial charge on any atom is 0.335 e. The Balaban J connectivity index is 2.78. The molecule has 0 aliphatic rings. The number of amides is 1. The molecule has 0 bridgehead atoms. The van der Waals surface area contributed by atoms with Crippen LogP contribution in [0.1, 0.15) is 37.0 Å². The Kier molecular flexibility index (Phi) is 5.36. The van der Waals surface area contributed by atoms with Crippen LogP contribution in [0.3, 0.4) is 0 Å². The lowest BCUT2D eigenvalue weighted by atomic mass is 10.1. The van der Waals surface area contributed by atoms with Gasteiger partial charge in [-0.05, 0) is 30.5 Å². The zero-order valence-corrected chi connectivity index (χ0v) is 11.4. The van der Waals surface area contributed by atoms with Gasteiger partial charge in [-0.15, -0.1) is 0 Å². The van der Waals surface area contributed by atoms with Crippen molar-refractivity contribution in [2.75, 3.05) is 12.4 Å². The van der Waals surface area contributed by atoms with Crippen molar-refractivity contribution in [2.24, 2.45) is 5.92 Å². The SMILES string of the molecule is COc1cc(C(=O)O)ccc1NC(=O)CCC(C)C. The molecule has 0 fully saturated rings. The lowest BCUT2D eigenvalue weighted by molar-refractivity contribution is -0.116. The number of carboxylic acids is 1. The topological polar surface area (TPSA) is 75.6 Å². The minimum Gasteiger partial charge on any atom is -0.495 e. The normalized spacial score (nSPS) is 10.3. The monoisotopic (exact) mass is 265 g/mol. The van der Waals surface area contributed by atoms with Crippen molar-refractivity contribution in [1.82, 2.24) is 0 Å². The summed E-state index contributed by atoms with van der Waals surface area (Å²) in [4.78, 5) is 22.6. The Bertz CT molecular complexity index is 469. The fourth-order valence-electron chi connectivity index (χ4n) is 1.56. The number of carboxylic acid groups (broad SMARTS) is 1. The molecule has 0 saturated heterocycles. The van der Waals surface area contributed by atoms with Gasteiger partial charge in [0, 0.05) is 6.42 Å². The van der Waals surface area contributed by atoms with Gasteiger partial charge in [-0.1, -0.05) is 13.8 Å². The third-order valence-corrected chi connectivity index (χ3v) is 2.67. The van der Waals surface area contributed by atoms with Crippen LogP contribution < -0.4 is 10.1 Å². The van der Waals surface area contributed by atoms with Crippen molar-refractivity contribution in [3.05, 3.63) is 23.8 Å². The molecule has 0 aromatic heterocycles. The fourth-order valence-corrected chi connectivity index (χ4v) is 1.56. The van der Waals surface area contributed by atoms with Crippen molar-refractivity contribution in [3.63, 3.8) is 0 Å². The van der Waals surface area contributed by atoms with Gasteiger partial charge in [0.15, 0.2) is 0 Å². The quantitative estimate of drug-likeness (QED) is 0.829. The van der Waals surface area contributed by atoms with Gasteiger partial charge >= 0.3 is 5.97 Å². The third-order valence-electron chi connectivity index (χ3n) is 2.67. The number of nitrogens with one attached hydrogen (secondary N) is 1. The number of benzene rings is 1. The van der Waals surface area contributed by atoms with Gasteiger partial charge in [0.25, 0.3) is 0 Å². The molecule has 0 aliphatic heterocycles. The number of carbonyl (C=O) groups is 2. The molecular weight excluding hydrogens is 246 g/mol. The number of hydrogen-bond donors (Lipinski definition) is 2. The van der Waals surface area contributed by atoms with Crippen LogP contribution in [0.2, 0.25) is 0 Å². The molecule has 1 aromatic carbocycles. The number of rotatable bonds is 6. The summed E-state index contributed by atoms with van der Waals surface area (Å²) in [6.45, 7) is 4.10. The van der Waals surface area contributed by atoms with Gasteiger partial charge in [0.05, 0.1) is 18.4 Å². The Morgan fingerprint density at radius 1 is 1.37 bits per heavy atom. The first-order chi connectivity index (χ1) is 8.93. The number of hydrogen-bond acceptors (Lipinski definition) is 3. The molecule has 0 saturated carbocycles. The van der Waals surface area contributed by atoms with Crippen LogP contribution in [0.15, 0.2) is 18.2 Å². The highest BCUT2D eigenvalue weighted by Gasteiger charge is 2.11. The molecule has 1 aromatic rings. The highest BCUT2D eigenvalue weighted by Crippen LogP contribution is 2.26. The first-order valence-electron chi connectivity index (χ1n) is 6.15. The third kappa shape index (κ3) is 4.62. The minimum atomic E-state index is -1.03. The van der Waals surface area contributed by atoms with E-state index in [1.165, 1.54) is 25.3 Å². The molecule has 0 heterocycles. The lowest BCUT2D eigenvalue weighted by Crippen LogP contribution is -2.13. The number of aromatic carboxylic acids is 1. The second-order valence-corrected chi connectivity index (χ2v) is 4.70. The van der Waals surface area contributed by atoms with Crippen molar-refractivity contribution < 1.29 is 19.4 Å². The molecule has 5 heteroatoms. The largest absolute Gasteiger partial charge is 0.495 e. The lowest BCUT2D eigenvalue weighted by Gasteiger charge is -2.11. The summed E-state index contributed by atoms with van der Waals surface area (Å²) in [6, 6.07) is 4.36. The maximum absolute atomic E-state index is 11.7. The summed E-state index contributed by atoms with van der Waals surface area (Å²) < 4.78 is 5.08. The van der Waals surface area contributed by atoms with Crippen molar-refractivity contribution >= 4 is 17.6 Å². The summed E-state index contributed by atoms with van der Waals surface area (Å²) in [5, 5.41) is 11.6. The van der Waals surface area contributed by atoms with E-state index in [0.717, 1.165) is 6.42 Å². The van der Waals surface area contributed by atoms with Gasteiger partial charge in [0.1, 0.15) is 5.75 Å². The average Bonchev–Trinajstić information content (AvgIpc) is 2.36. The molecule has 19 heavy (non-hydrogen) atoms. The molecule has 1 rings (SSSR count). The molecule has 0 atom stereocenters. The van der Waals surface area contributed by atoms with E-state index in [2.05, 4.69) is 19.2 Å². The van der Waals surface area contributed by atoms with Crippen LogP contribution in [0, 0.1) is 5.92 Å². The second kappa shape index (κ2) is 6.78. The van der Waals surface area contributed by atoms with E-state index in [1.54, 1.807) is 0 Å². The van der Waals surface area contributed by atoms with Crippen LogP contribution >= 0.6 is 0 Å². The smallest absolute Gasteiger partial charge is 0.335 e. The summed E-state index contributed by atoms with van der Waals surface area (Å²) >= 11 is 0. The molecule has 0 radical (unpaired) electrons. The van der Waals surface area contributed by atoms with Crippen LogP contribution in [-0.2, 0) is 4.79 Å². The van der Waals surface area contributed by atoms with Crippen LogP contribution in [0.4, 0.5) is 5.69 Å². The summed E-state index contributed by atoms with van der Waals surface area (Å²) in [7, 11) is 1.44. The standard InChI is InChI=1S/C14H19NO4/c1-9(2)4-7-13(16)15-11-6-5-10(14(17)18)8-12(11)19-3/h5-6,8-9H,4,7H2,1-3H3,(H,15,16)(H,17,18). The second-order valence-electron chi connectivity index (χ2n) is 4.70. The van der Waals surface area contributed by atoms with E-state index < -0.39 is 5.97 Å². The number of carbonyl (C=O) groups excluding carboxylic acids is 1. The molecule has 0 unspecified atom stereocenters. The van der Waals surface area contributed by atoms with Gasteiger partial charge in [-0.3, -0.25) is 4.79 Å². The van der Waals surface area contributed by atoms with E-state index in [1.807, 2.05) is 0 Å². The van der Waals surface area contributed by atoms with Crippen LogP contribution in [-0.4, -0.2) is 24.1 Å². The number of ether oxygens (including phenoxy) is 1. The molecule has 1 amide bonds. The van der Waals surface area contributed by atoms with E-state index in [4.69, 9.17) is 9.84 Å². The van der Waals surface area contributed by atoms with Crippen LogP contribution in [0.5, 0.6) is 5.75 Å². The summed E-state index contributed by atoms with van der Waals surface area (Å²) in [6.07, 6.45) is 1.24. The zero-order chi connectivity index (χ0) is 14.4. The highest BCUT2D eigenvalue weighted by molar-refractivity contribution is 5.94. The van der Waals surface area contributed by atoms with Gasteiger partial charge in [-0.2, -0.15) is 0 Å². The Morgan fingerprint density at radius 2 is 2.05 bits per heavy atom. The highest BCUT2D eigenvalue weighted by atomic mass is 16.5. The van der Waals surface area contributed by atoms with Crippen molar-refractivity contribution in [2.45, 2.75) is 26.7 Å². The van der Waals surface area contributed by atoms with E-state index in [-0.39, 0.29) is 11.5 Å². The van der Waals surface area contributed by atoms with Crippen molar-refractivity contribution in [1.29, 1.82) is 0 Å². The Morgan fingerprint density at radius 3 is 2.58 bits per heavy atom. The predicted octanol–water partition coefficient (Wildman–Crippen LogP) is 2.77. The molecule has 2 N–H and O–H groups in total. The van der Waals surface area contributed by atoms with Gasteiger partial charge in [-0.25, -0.2) is 4.79 Å². The van der Waals surface area contributed by atoms with E-state index >= 15 is 0 Å². The average molecular weight is 265 g/mol.